The molecule has 0 unspecified atom stereocenters. The summed E-state index contributed by atoms with van der Waals surface area (Å²) in [6.45, 7) is 10.2. The fourth-order valence-corrected chi connectivity index (χ4v) is 5.66. The fraction of sp³-hybridized carbons (Fsp3) is 0.400. The minimum atomic E-state index is -0.210. The lowest BCUT2D eigenvalue weighted by atomic mass is 9.81. The summed E-state index contributed by atoms with van der Waals surface area (Å²) in [5.74, 6) is -0.210. The highest BCUT2D eigenvalue weighted by Crippen LogP contribution is 2.47. The third-order valence-corrected chi connectivity index (χ3v) is 7.55. The maximum atomic E-state index is 11.1. The van der Waals surface area contributed by atoms with E-state index in [9.17, 15) is 4.79 Å². The van der Waals surface area contributed by atoms with E-state index in [1.807, 2.05) is 0 Å². The minimum absolute atomic E-state index is 0.0331. The van der Waals surface area contributed by atoms with Crippen LogP contribution in [-0.2, 0) is 15.6 Å². The van der Waals surface area contributed by atoms with Crippen LogP contribution in [0.25, 0.3) is 0 Å². The van der Waals surface area contributed by atoms with Crippen molar-refractivity contribution in [3.63, 3.8) is 0 Å². The molecule has 2 aromatic carbocycles. The van der Waals surface area contributed by atoms with E-state index in [0.29, 0.717) is 6.42 Å². The van der Waals surface area contributed by atoms with Crippen LogP contribution in [0.5, 0.6) is 0 Å². The van der Waals surface area contributed by atoms with E-state index in [1.165, 1.54) is 33.9 Å². The zero-order chi connectivity index (χ0) is 24.5. The average Bonchev–Trinajstić information content (AvgIpc) is 3.13. The largest absolute Gasteiger partial charge is 0.370 e. The first-order valence-electron chi connectivity index (χ1n) is 12.4. The van der Waals surface area contributed by atoms with Crippen molar-refractivity contribution in [2.75, 3.05) is 18.5 Å². The summed E-state index contributed by atoms with van der Waals surface area (Å²) in [5, 5.41) is 0. The van der Waals surface area contributed by atoms with Gasteiger partial charge in [0.1, 0.15) is 7.05 Å². The number of allylic oxidation sites excluding steroid dienone is 4. The summed E-state index contributed by atoms with van der Waals surface area (Å²) in [6, 6.07) is 17.4. The average molecular weight is 457 g/mol. The van der Waals surface area contributed by atoms with Crippen molar-refractivity contribution in [2.45, 2.75) is 64.2 Å². The normalized spacial score (nSPS) is 19.2. The first-order valence-corrected chi connectivity index (χ1v) is 12.4. The minimum Gasteiger partial charge on any atom is -0.370 e. The van der Waals surface area contributed by atoms with Gasteiger partial charge in [0.05, 0.1) is 5.41 Å². The first-order chi connectivity index (χ1) is 16.2. The van der Waals surface area contributed by atoms with E-state index in [-0.39, 0.29) is 16.7 Å². The van der Waals surface area contributed by atoms with Crippen molar-refractivity contribution in [2.24, 2.45) is 5.73 Å². The molecule has 2 N–H and O–H groups in total. The van der Waals surface area contributed by atoms with Gasteiger partial charge in [-0.05, 0) is 44.4 Å². The molecule has 4 heteroatoms. The van der Waals surface area contributed by atoms with Crippen LogP contribution in [0.15, 0.2) is 72.5 Å². The molecule has 34 heavy (non-hydrogen) atoms. The molecule has 0 spiro atoms. The molecule has 0 radical (unpaired) electrons. The first kappa shape index (κ1) is 24.0. The van der Waals surface area contributed by atoms with Gasteiger partial charge in [-0.2, -0.15) is 4.58 Å². The number of para-hydroxylation sites is 2. The fourth-order valence-electron chi connectivity index (χ4n) is 5.66. The molecule has 0 aliphatic carbocycles. The number of hydrogen-bond donors (Lipinski definition) is 1. The summed E-state index contributed by atoms with van der Waals surface area (Å²) in [6.07, 6.45) is 10.1. The molecular formula is C30H38N3O+. The molecule has 2 aliphatic heterocycles. The molecule has 178 valence electrons. The van der Waals surface area contributed by atoms with E-state index in [4.69, 9.17) is 5.73 Å². The van der Waals surface area contributed by atoms with Gasteiger partial charge in [-0.1, -0.05) is 62.7 Å². The third kappa shape index (κ3) is 4.22. The van der Waals surface area contributed by atoms with Crippen LogP contribution in [0, 0.1) is 0 Å². The molecule has 4 rings (SSSR count). The number of carbonyl (C=O) groups is 1. The van der Waals surface area contributed by atoms with E-state index in [2.05, 4.69) is 111 Å². The van der Waals surface area contributed by atoms with E-state index >= 15 is 0 Å². The van der Waals surface area contributed by atoms with Gasteiger partial charge in [-0.3, -0.25) is 4.79 Å². The lowest BCUT2D eigenvalue weighted by Gasteiger charge is -2.27. The molecule has 0 atom stereocenters. The van der Waals surface area contributed by atoms with Crippen LogP contribution >= 0.6 is 0 Å². The molecule has 4 nitrogen and oxygen atoms in total. The van der Waals surface area contributed by atoms with Crippen LogP contribution in [0.3, 0.4) is 0 Å². The van der Waals surface area contributed by atoms with E-state index in [0.717, 1.165) is 25.8 Å². The summed E-state index contributed by atoms with van der Waals surface area (Å²) < 4.78 is 2.31. The number of unbranched alkanes of at least 4 members (excludes halogenated alkanes) is 2. The van der Waals surface area contributed by atoms with Crippen LogP contribution < -0.4 is 10.6 Å². The zero-order valence-corrected chi connectivity index (χ0v) is 21.3. The predicted octanol–water partition coefficient (Wildman–Crippen LogP) is 5.98. The molecule has 2 heterocycles. The maximum absolute atomic E-state index is 11.1. The van der Waals surface area contributed by atoms with Gasteiger partial charge < -0.3 is 10.6 Å². The van der Waals surface area contributed by atoms with Crippen LogP contribution in [0.2, 0.25) is 0 Å². The van der Waals surface area contributed by atoms with Gasteiger partial charge in [0, 0.05) is 47.5 Å². The molecule has 2 aliphatic rings. The standard InChI is InChI=1S/C30H37N3O/c1-29(2)22-14-8-10-16-24(22)32(5)26(29)18-13-19-27-30(3,4)23-15-9-11-17-25(23)33(27)21-12-6-7-20-28(31)34/h8-11,13-19H,6-7,12,20-21H2,1-5H3,(H-,31,34)/p+1. The number of rotatable bonds is 8. The number of hydrogen-bond acceptors (Lipinski definition) is 2. The lowest BCUT2D eigenvalue weighted by Crippen LogP contribution is -2.27. The third-order valence-electron chi connectivity index (χ3n) is 7.55. The monoisotopic (exact) mass is 456 g/mol. The quantitative estimate of drug-likeness (QED) is 0.393. The Balaban J connectivity index is 1.61. The lowest BCUT2D eigenvalue weighted by molar-refractivity contribution is -0.401. The SMILES string of the molecule is C[N+]1=C(/C=C/C=C2/N(CCCCCC(N)=O)c3ccccc3C2(C)C)C(C)(C)c2ccccc21. The summed E-state index contributed by atoms with van der Waals surface area (Å²) in [5.41, 5.74) is 13.1. The number of amides is 1. The van der Waals surface area contributed by atoms with E-state index < -0.39 is 0 Å². The Bertz CT molecular complexity index is 1180. The Kier molecular flexibility index (Phi) is 6.53. The van der Waals surface area contributed by atoms with Gasteiger partial charge >= 0.3 is 0 Å². The second-order valence-electron chi connectivity index (χ2n) is 10.6. The number of nitrogens with zero attached hydrogens (tertiary/aromatic N) is 2. The predicted molar refractivity (Wildman–Crippen MR) is 142 cm³/mol. The highest BCUT2D eigenvalue weighted by molar-refractivity contribution is 6.03. The van der Waals surface area contributed by atoms with Gasteiger partial charge in [0.2, 0.25) is 11.6 Å². The molecule has 2 aromatic rings. The van der Waals surface area contributed by atoms with Crippen molar-refractivity contribution in [3.8, 4) is 0 Å². The summed E-state index contributed by atoms with van der Waals surface area (Å²) in [7, 11) is 2.16. The second-order valence-corrected chi connectivity index (χ2v) is 10.6. The number of primary amides is 1. The zero-order valence-electron chi connectivity index (χ0n) is 21.3. The number of benzene rings is 2. The number of anilines is 1. The second kappa shape index (κ2) is 9.25. The Morgan fingerprint density at radius 2 is 1.62 bits per heavy atom. The molecule has 0 fully saturated rings. The summed E-state index contributed by atoms with van der Waals surface area (Å²) >= 11 is 0. The Hall–Kier alpha value is -3.14. The molecule has 0 aromatic heterocycles. The van der Waals surface area contributed by atoms with Crippen molar-refractivity contribution in [1.82, 2.24) is 0 Å². The van der Waals surface area contributed by atoms with Gasteiger partial charge in [0.15, 0.2) is 5.71 Å². The van der Waals surface area contributed by atoms with E-state index in [1.54, 1.807) is 0 Å². The number of nitrogens with two attached hydrogens (primary N) is 1. The number of fused-ring (bicyclic) bond motifs is 2. The van der Waals surface area contributed by atoms with Crippen molar-refractivity contribution >= 4 is 23.0 Å². The molecular weight excluding hydrogens is 418 g/mol. The van der Waals surface area contributed by atoms with Crippen LogP contribution in [-0.4, -0.2) is 29.8 Å². The highest BCUT2D eigenvalue weighted by atomic mass is 16.1. The highest BCUT2D eigenvalue weighted by Gasteiger charge is 2.43. The smallest absolute Gasteiger partial charge is 0.217 e. The van der Waals surface area contributed by atoms with Crippen LogP contribution in [0.1, 0.15) is 64.5 Å². The van der Waals surface area contributed by atoms with Gasteiger partial charge in [-0.25, -0.2) is 0 Å². The van der Waals surface area contributed by atoms with Crippen molar-refractivity contribution < 1.29 is 9.37 Å². The molecule has 0 bridgehead atoms. The van der Waals surface area contributed by atoms with Crippen LogP contribution in [0.4, 0.5) is 11.4 Å². The topological polar surface area (TPSA) is 49.3 Å². The maximum Gasteiger partial charge on any atom is 0.217 e. The van der Waals surface area contributed by atoms with Gasteiger partial charge in [0.25, 0.3) is 0 Å². The molecule has 0 saturated carbocycles. The van der Waals surface area contributed by atoms with Crippen molar-refractivity contribution in [1.29, 1.82) is 0 Å². The Morgan fingerprint density at radius 1 is 0.941 bits per heavy atom. The summed E-state index contributed by atoms with van der Waals surface area (Å²) in [4.78, 5) is 13.5. The number of carbonyl (C=O) groups excluding carboxylic acids is 1. The Labute approximate surface area is 204 Å². The van der Waals surface area contributed by atoms with Gasteiger partial charge in [-0.15, -0.1) is 0 Å². The van der Waals surface area contributed by atoms with Crippen molar-refractivity contribution in [3.05, 3.63) is 83.6 Å². The molecule has 1 amide bonds. The molecule has 0 saturated heterocycles. The Morgan fingerprint density at radius 3 is 2.32 bits per heavy atom.